The van der Waals surface area contributed by atoms with Crippen LogP contribution in [0.5, 0.6) is 0 Å². The summed E-state index contributed by atoms with van der Waals surface area (Å²) < 4.78 is 36.7. The molecule has 2 aromatic carbocycles. The van der Waals surface area contributed by atoms with Crippen LogP contribution in [0.1, 0.15) is 61.8 Å². The molecule has 0 saturated heterocycles. The standard InChI is InChI=1S/C10H11F3.C10H14/c1-7(2)8-4-3-5-9(6-8)10(11,12)13;1-8(2)10-6-4-9(3)5-7-10/h3-7H,1-2H3;4-8H,1-3H3. The number of rotatable bonds is 2. The van der Waals surface area contributed by atoms with Gasteiger partial charge in [0.2, 0.25) is 0 Å². The molecule has 3 heteroatoms. The highest BCUT2D eigenvalue weighted by atomic mass is 19.4. The van der Waals surface area contributed by atoms with Crippen LogP contribution in [0.25, 0.3) is 0 Å². The lowest BCUT2D eigenvalue weighted by atomic mass is 10.0. The van der Waals surface area contributed by atoms with Gasteiger partial charge in [-0.3, -0.25) is 0 Å². The summed E-state index contributed by atoms with van der Waals surface area (Å²) in [7, 11) is 0. The van der Waals surface area contributed by atoms with Crippen LogP contribution in [-0.4, -0.2) is 0 Å². The summed E-state index contributed by atoms with van der Waals surface area (Å²) >= 11 is 0. The van der Waals surface area contributed by atoms with Crippen LogP contribution in [0.2, 0.25) is 0 Å². The van der Waals surface area contributed by atoms with E-state index in [1.165, 1.54) is 23.3 Å². The van der Waals surface area contributed by atoms with Gasteiger partial charge in [-0.1, -0.05) is 75.7 Å². The van der Waals surface area contributed by atoms with Gasteiger partial charge in [-0.05, 0) is 36.0 Å². The molecule has 2 rings (SSSR count). The van der Waals surface area contributed by atoms with E-state index in [9.17, 15) is 13.2 Å². The van der Waals surface area contributed by atoms with Crippen molar-refractivity contribution in [1.29, 1.82) is 0 Å². The normalized spacial score (nSPS) is 11.4. The molecule has 0 nitrogen and oxygen atoms in total. The van der Waals surface area contributed by atoms with Crippen molar-refractivity contribution in [1.82, 2.24) is 0 Å². The largest absolute Gasteiger partial charge is 0.416 e. The van der Waals surface area contributed by atoms with E-state index in [2.05, 4.69) is 45.0 Å². The second-order valence-electron chi connectivity index (χ2n) is 6.34. The maximum Gasteiger partial charge on any atom is 0.416 e. The topological polar surface area (TPSA) is 0 Å². The average molecular weight is 322 g/mol. The first-order valence-electron chi connectivity index (χ1n) is 7.85. The minimum Gasteiger partial charge on any atom is -0.166 e. The van der Waals surface area contributed by atoms with E-state index in [0.29, 0.717) is 5.92 Å². The fraction of sp³-hybridized carbons (Fsp3) is 0.400. The lowest BCUT2D eigenvalue weighted by Gasteiger charge is -2.10. The van der Waals surface area contributed by atoms with Crippen LogP contribution in [0.15, 0.2) is 48.5 Å². The Balaban J connectivity index is 0.000000238. The molecule has 126 valence electrons. The molecule has 0 radical (unpaired) electrons. The Bertz CT molecular complexity index is 593. The summed E-state index contributed by atoms with van der Waals surface area (Å²) in [6, 6.07) is 14.2. The molecular weight excluding hydrogens is 297 g/mol. The summed E-state index contributed by atoms with van der Waals surface area (Å²) in [6.45, 7) is 10.3. The van der Waals surface area contributed by atoms with Gasteiger partial charge in [-0.15, -0.1) is 0 Å². The Morgan fingerprint density at radius 1 is 0.739 bits per heavy atom. The third-order valence-corrected chi connectivity index (χ3v) is 3.62. The van der Waals surface area contributed by atoms with E-state index in [0.717, 1.165) is 11.6 Å². The van der Waals surface area contributed by atoms with Gasteiger partial charge < -0.3 is 0 Å². The monoisotopic (exact) mass is 322 g/mol. The zero-order valence-corrected chi connectivity index (χ0v) is 14.4. The maximum absolute atomic E-state index is 12.2. The zero-order chi connectivity index (χ0) is 17.6. The van der Waals surface area contributed by atoms with E-state index < -0.39 is 11.7 Å². The van der Waals surface area contributed by atoms with Crippen molar-refractivity contribution in [2.24, 2.45) is 0 Å². The molecule has 0 fully saturated rings. The fourth-order valence-electron chi connectivity index (χ4n) is 2.03. The van der Waals surface area contributed by atoms with Crippen molar-refractivity contribution in [2.45, 2.75) is 52.6 Å². The van der Waals surface area contributed by atoms with Crippen LogP contribution in [-0.2, 0) is 6.18 Å². The Labute approximate surface area is 137 Å². The van der Waals surface area contributed by atoms with Crippen LogP contribution < -0.4 is 0 Å². The molecule has 0 atom stereocenters. The minimum atomic E-state index is -4.23. The van der Waals surface area contributed by atoms with Crippen LogP contribution in [0, 0.1) is 6.92 Å². The molecule has 0 aliphatic heterocycles. The van der Waals surface area contributed by atoms with Gasteiger partial charge in [-0.25, -0.2) is 0 Å². The molecule has 0 saturated carbocycles. The predicted molar refractivity (Wildman–Crippen MR) is 90.8 cm³/mol. The van der Waals surface area contributed by atoms with Crippen molar-refractivity contribution >= 4 is 0 Å². The molecule has 0 aliphatic rings. The summed E-state index contributed by atoms with van der Waals surface area (Å²) in [4.78, 5) is 0. The maximum atomic E-state index is 12.2. The van der Waals surface area contributed by atoms with Crippen LogP contribution >= 0.6 is 0 Å². The number of hydrogen-bond donors (Lipinski definition) is 0. The van der Waals surface area contributed by atoms with Crippen molar-refractivity contribution in [3.05, 3.63) is 70.8 Å². The lowest BCUT2D eigenvalue weighted by Crippen LogP contribution is -2.05. The van der Waals surface area contributed by atoms with Crippen molar-refractivity contribution in [3.8, 4) is 0 Å². The molecule has 0 aromatic heterocycles. The number of halogens is 3. The fourth-order valence-corrected chi connectivity index (χ4v) is 2.03. The van der Waals surface area contributed by atoms with Gasteiger partial charge in [-0.2, -0.15) is 13.2 Å². The van der Waals surface area contributed by atoms with E-state index in [-0.39, 0.29) is 5.92 Å². The third kappa shape index (κ3) is 6.47. The van der Waals surface area contributed by atoms with E-state index in [1.54, 1.807) is 6.07 Å². The Kier molecular flexibility index (Phi) is 6.86. The predicted octanol–water partition coefficient (Wildman–Crippen LogP) is 6.95. The molecule has 0 bridgehead atoms. The molecule has 2 aromatic rings. The minimum absolute atomic E-state index is 0.127. The highest BCUT2D eigenvalue weighted by molar-refractivity contribution is 5.27. The molecule has 23 heavy (non-hydrogen) atoms. The summed E-state index contributed by atoms with van der Waals surface area (Å²) in [6.07, 6.45) is -4.23. The average Bonchev–Trinajstić information content (AvgIpc) is 2.47. The zero-order valence-electron chi connectivity index (χ0n) is 14.4. The van der Waals surface area contributed by atoms with Gasteiger partial charge in [0, 0.05) is 0 Å². The van der Waals surface area contributed by atoms with Crippen molar-refractivity contribution in [3.63, 3.8) is 0 Å². The number of alkyl halides is 3. The number of aryl methyl sites for hydroxylation is 1. The smallest absolute Gasteiger partial charge is 0.166 e. The molecule has 0 aliphatic carbocycles. The highest BCUT2D eigenvalue weighted by Crippen LogP contribution is 2.30. The van der Waals surface area contributed by atoms with E-state index >= 15 is 0 Å². The summed E-state index contributed by atoms with van der Waals surface area (Å²) in [5.41, 5.74) is 2.91. The molecule has 0 unspecified atom stereocenters. The lowest BCUT2D eigenvalue weighted by molar-refractivity contribution is -0.137. The first-order chi connectivity index (χ1) is 10.6. The molecule has 0 spiro atoms. The first kappa shape index (κ1) is 19.3. The molecular formula is C20H25F3. The van der Waals surface area contributed by atoms with E-state index in [1.807, 2.05) is 13.8 Å². The quantitative estimate of drug-likeness (QED) is 0.561. The molecule has 0 N–H and O–H groups in total. The van der Waals surface area contributed by atoms with Gasteiger partial charge in [0.1, 0.15) is 0 Å². The highest BCUT2D eigenvalue weighted by Gasteiger charge is 2.30. The Morgan fingerprint density at radius 3 is 1.70 bits per heavy atom. The second-order valence-corrected chi connectivity index (χ2v) is 6.34. The Morgan fingerprint density at radius 2 is 1.26 bits per heavy atom. The molecule has 0 heterocycles. The number of hydrogen-bond acceptors (Lipinski definition) is 0. The Hall–Kier alpha value is -1.77. The SMILES string of the molecule is CC(C)c1cccc(C(F)(F)F)c1.Cc1ccc(C(C)C)cc1. The second kappa shape index (κ2) is 8.19. The van der Waals surface area contributed by atoms with Gasteiger partial charge in [0.05, 0.1) is 5.56 Å². The van der Waals surface area contributed by atoms with Gasteiger partial charge >= 0.3 is 6.18 Å². The summed E-state index contributed by atoms with van der Waals surface area (Å²) in [5, 5.41) is 0. The van der Waals surface area contributed by atoms with Crippen LogP contribution in [0.4, 0.5) is 13.2 Å². The van der Waals surface area contributed by atoms with Gasteiger partial charge in [0.15, 0.2) is 0 Å². The van der Waals surface area contributed by atoms with Crippen molar-refractivity contribution < 1.29 is 13.2 Å². The van der Waals surface area contributed by atoms with Crippen molar-refractivity contribution in [2.75, 3.05) is 0 Å². The third-order valence-electron chi connectivity index (χ3n) is 3.62. The van der Waals surface area contributed by atoms with Gasteiger partial charge in [0.25, 0.3) is 0 Å². The first-order valence-corrected chi connectivity index (χ1v) is 7.85. The van der Waals surface area contributed by atoms with E-state index in [4.69, 9.17) is 0 Å². The van der Waals surface area contributed by atoms with Crippen LogP contribution in [0.3, 0.4) is 0 Å². The molecule has 0 amide bonds. The summed E-state index contributed by atoms with van der Waals surface area (Å²) in [5.74, 6) is 0.780. The number of benzene rings is 2.